The first kappa shape index (κ1) is 14.5. The van der Waals surface area contributed by atoms with Crippen LogP contribution < -0.4 is 5.32 Å². The predicted molar refractivity (Wildman–Crippen MR) is 71.8 cm³/mol. The van der Waals surface area contributed by atoms with Gasteiger partial charge in [0.1, 0.15) is 6.04 Å². The minimum Gasteiger partial charge on any atom is -0.298 e. The van der Waals surface area contributed by atoms with Gasteiger partial charge in [-0.3, -0.25) is 10.2 Å². The topological polar surface area (TPSA) is 39.1 Å². The summed E-state index contributed by atoms with van der Waals surface area (Å²) in [6.07, 6.45) is 6.28. The highest BCUT2D eigenvalue weighted by Crippen LogP contribution is 2.19. The Kier molecular flexibility index (Phi) is 6.54. The molecule has 0 aromatic rings. The van der Waals surface area contributed by atoms with Gasteiger partial charge in [-0.25, -0.2) is 0 Å². The minimum atomic E-state index is 0.00604. The zero-order valence-electron chi connectivity index (χ0n) is 11.6. The fraction of sp³-hybridized carbons (Fsp3) is 0.929. The van der Waals surface area contributed by atoms with E-state index in [1.165, 1.54) is 32.1 Å². The van der Waals surface area contributed by atoms with E-state index in [0.29, 0.717) is 12.1 Å². The first-order valence-electron chi connectivity index (χ1n) is 7.07. The lowest BCUT2D eigenvalue weighted by Crippen LogP contribution is -2.44. The number of nitriles is 1. The highest BCUT2D eigenvalue weighted by atomic mass is 15.2. The zero-order chi connectivity index (χ0) is 12.7. The lowest BCUT2D eigenvalue weighted by molar-refractivity contribution is 0.205. The Balaban J connectivity index is 2.31. The fourth-order valence-electron chi connectivity index (χ4n) is 2.03. The molecule has 0 aliphatic heterocycles. The smallest absolute Gasteiger partial charge is 0.108 e. The molecule has 1 fully saturated rings. The number of nitrogens with one attached hydrogen (secondary N) is 1. The first-order valence-corrected chi connectivity index (χ1v) is 7.07. The van der Waals surface area contributed by atoms with Gasteiger partial charge in [0.05, 0.1) is 6.07 Å². The maximum absolute atomic E-state index is 9.17. The van der Waals surface area contributed by atoms with E-state index in [9.17, 15) is 0 Å². The largest absolute Gasteiger partial charge is 0.298 e. The highest BCUT2D eigenvalue weighted by Gasteiger charge is 2.25. The van der Waals surface area contributed by atoms with Gasteiger partial charge in [-0.15, -0.1) is 0 Å². The summed E-state index contributed by atoms with van der Waals surface area (Å²) in [6, 6.07) is 3.55. The lowest BCUT2D eigenvalue weighted by Gasteiger charge is -2.28. The van der Waals surface area contributed by atoms with Crippen LogP contribution in [-0.2, 0) is 0 Å². The van der Waals surface area contributed by atoms with Gasteiger partial charge in [-0.2, -0.15) is 5.26 Å². The van der Waals surface area contributed by atoms with Gasteiger partial charge in [0.15, 0.2) is 0 Å². The lowest BCUT2D eigenvalue weighted by atomic mass is 10.2. The Hall–Kier alpha value is -0.590. The monoisotopic (exact) mass is 237 g/mol. The third kappa shape index (κ3) is 6.05. The van der Waals surface area contributed by atoms with Crippen molar-refractivity contribution in [2.24, 2.45) is 0 Å². The molecule has 1 rings (SSSR count). The molecule has 0 amide bonds. The standard InChI is InChI=1S/C14H27N3/c1-4-5-6-9-17(12(2)3)11-14(10-15)16-13-7-8-13/h12-14,16H,4-9,11H2,1-3H3. The van der Waals surface area contributed by atoms with Crippen LogP contribution >= 0.6 is 0 Å². The van der Waals surface area contributed by atoms with Gasteiger partial charge in [0, 0.05) is 18.6 Å². The van der Waals surface area contributed by atoms with E-state index in [4.69, 9.17) is 5.26 Å². The third-order valence-corrected chi connectivity index (χ3v) is 3.37. The molecule has 0 aromatic heterocycles. The van der Waals surface area contributed by atoms with E-state index >= 15 is 0 Å². The van der Waals surface area contributed by atoms with Crippen molar-refractivity contribution < 1.29 is 0 Å². The molecule has 98 valence electrons. The Morgan fingerprint density at radius 1 is 1.35 bits per heavy atom. The van der Waals surface area contributed by atoms with Gasteiger partial charge in [-0.1, -0.05) is 19.8 Å². The van der Waals surface area contributed by atoms with Gasteiger partial charge >= 0.3 is 0 Å². The Morgan fingerprint density at radius 2 is 2.06 bits per heavy atom. The van der Waals surface area contributed by atoms with Crippen molar-refractivity contribution in [3.05, 3.63) is 0 Å². The second-order valence-corrected chi connectivity index (χ2v) is 5.42. The van der Waals surface area contributed by atoms with Crippen LogP contribution in [0.1, 0.15) is 52.9 Å². The van der Waals surface area contributed by atoms with E-state index in [1.54, 1.807) is 0 Å². The summed E-state index contributed by atoms with van der Waals surface area (Å²) in [5.74, 6) is 0. The van der Waals surface area contributed by atoms with Crippen molar-refractivity contribution in [3.63, 3.8) is 0 Å². The normalized spacial score (nSPS) is 17.4. The third-order valence-electron chi connectivity index (χ3n) is 3.37. The molecule has 0 aromatic carbocycles. The molecule has 1 aliphatic carbocycles. The number of unbranched alkanes of at least 4 members (excludes halogenated alkanes) is 2. The van der Waals surface area contributed by atoms with E-state index in [1.807, 2.05) is 0 Å². The molecular weight excluding hydrogens is 210 g/mol. The van der Waals surface area contributed by atoms with Crippen molar-refractivity contribution in [2.45, 2.75) is 71.0 Å². The molecule has 0 radical (unpaired) electrons. The second kappa shape index (κ2) is 7.68. The Morgan fingerprint density at radius 3 is 2.53 bits per heavy atom. The van der Waals surface area contributed by atoms with Crippen LogP contribution in [0.5, 0.6) is 0 Å². The average Bonchev–Trinajstić information content (AvgIpc) is 3.10. The SMILES string of the molecule is CCCCCN(CC(C#N)NC1CC1)C(C)C. The number of rotatable bonds is 9. The summed E-state index contributed by atoms with van der Waals surface area (Å²) in [7, 11) is 0. The molecular formula is C14H27N3. The van der Waals surface area contributed by atoms with Crippen molar-refractivity contribution >= 4 is 0 Å². The van der Waals surface area contributed by atoms with Crippen LogP contribution in [0.25, 0.3) is 0 Å². The van der Waals surface area contributed by atoms with Gasteiger partial charge in [0.25, 0.3) is 0 Å². The van der Waals surface area contributed by atoms with Gasteiger partial charge < -0.3 is 0 Å². The zero-order valence-corrected chi connectivity index (χ0v) is 11.6. The van der Waals surface area contributed by atoms with Crippen LogP contribution in [0.2, 0.25) is 0 Å². The highest BCUT2D eigenvalue weighted by molar-refractivity contribution is 4.97. The van der Waals surface area contributed by atoms with Gasteiger partial charge in [-0.05, 0) is 39.7 Å². The molecule has 3 heteroatoms. The molecule has 3 nitrogen and oxygen atoms in total. The first-order chi connectivity index (χ1) is 8.17. The summed E-state index contributed by atoms with van der Waals surface area (Å²) < 4.78 is 0. The molecule has 1 atom stereocenters. The summed E-state index contributed by atoms with van der Waals surface area (Å²) in [6.45, 7) is 8.66. The predicted octanol–water partition coefficient (Wildman–Crippen LogP) is 2.53. The number of hydrogen-bond acceptors (Lipinski definition) is 3. The summed E-state index contributed by atoms with van der Waals surface area (Å²) in [4.78, 5) is 2.43. The van der Waals surface area contributed by atoms with Crippen molar-refractivity contribution in [2.75, 3.05) is 13.1 Å². The number of nitrogens with zero attached hydrogens (tertiary/aromatic N) is 2. The molecule has 17 heavy (non-hydrogen) atoms. The molecule has 1 N–H and O–H groups in total. The van der Waals surface area contributed by atoms with Crippen molar-refractivity contribution in [3.8, 4) is 6.07 Å². The molecule has 0 saturated heterocycles. The fourth-order valence-corrected chi connectivity index (χ4v) is 2.03. The maximum Gasteiger partial charge on any atom is 0.108 e. The molecule has 1 aliphatic rings. The van der Waals surface area contributed by atoms with Crippen molar-refractivity contribution in [1.82, 2.24) is 10.2 Å². The van der Waals surface area contributed by atoms with Crippen molar-refractivity contribution in [1.29, 1.82) is 5.26 Å². The van der Waals surface area contributed by atoms with Crippen LogP contribution in [0.4, 0.5) is 0 Å². The van der Waals surface area contributed by atoms with Gasteiger partial charge in [0.2, 0.25) is 0 Å². The summed E-state index contributed by atoms with van der Waals surface area (Å²) >= 11 is 0. The molecule has 0 bridgehead atoms. The maximum atomic E-state index is 9.17. The second-order valence-electron chi connectivity index (χ2n) is 5.42. The molecule has 0 spiro atoms. The van der Waals surface area contributed by atoms with Crippen LogP contribution in [0.15, 0.2) is 0 Å². The van der Waals surface area contributed by atoms with Crippen LogP contribution in [0.3, 0.4) is 0 Å². The van der Waals surface area contributed by atoms with E-state index < -0.39 is 0 Å². The number of hydrogen-bond donors (Lipinski definition) is 1. The Bertz CT molecular complexity index is 240. The molecule has 1 saturated carbocycles. The van der Waals surface area contributed by atoms with Crippen LogP contribution in [-0.4, -0.2) is 36.1 Å². The van der Waals surface area contributed by atoms with E-state index in [-0.39, 0.29) is 6.04 Å². The molecule has 1 unspecified atom stereocenters. The van der Waals surface area contributed by atoms with Crippen LogP contribution in [0, 0.1) is 11.3 Å². The molecule has 0 heterocycles. The summed E-state index contributed by atoms with van der Waals surface area (Å²) in [5, 5.41) is 12.6. The van der Waals surface area contributed by atoms with E-state index in [0.717, 1.165) is 13.1 Å². The minimum absolute atomic E-state index is 0.00604. The van der Waals surface area contributed by atoms with E-state index in [2.05, 4.69) is 37.1 Å². The quantitative estimate of drug-likeness (QED) is 0.626. The average molecular weight is 237 g/mol. The summed E-state index contributed by atoms with van der Waals surface area (Å²) in [5.41, 5.74) is 0. The Labute approximate surface area is 106 Å².